The quantitative estimate of drug-likeness (QED) is 0.688. The molecule has 15 heavy (non-hydrogen) atoms. The minimum Gasteiger partial charge on any atom is -0.316 e. The largest absolute Gasteiger partial charge is 0.316 e. The molecule has 4 heteroatoms. The van der Waals surface area contributed by atoms with Crippen molar-refractivity contribution < 1.29 is 8.78 Å². The van der Waals surface area contributed by atoms with E-state index in [0.29, 0.717) is 5.92 Å². The van der Waals surface area contributed by atoms with E-state index in [-0.39, 0.29) is 6.54 Å². The number of hydrogen-bond acceptors (Lipinski definition) is 2. The fourth-order valence-corrected chi connectivity index (χ4v) is 2.16. The predicted octanol–water partition coefficient (Wildman–Crippen LogP) is 1.96. The van der Waals surface area contributed by atoms with Crippen molar-refractivity contribution in [2.45, 2.75) is 32.6 Å². The van der Waals surface area contributed by atoms with Crippen LogP contribution >= 0.6 is 0 Å². The van der Waals surface area contributed by atoms with Crippen LogP contribution in [0.25, 0.3) is 0 Å². The summed E-state index contributed by atoms with van der Waals surface area (Å²) in [5.74, 6) is 0.559. The topological polar surface area (TPSA) is 15.3 Å². The van der Waals surface area contributed by atoms with Gasteiger partial charge >= 0.3 is 0 Å². The number of nitrogens with zero attached hydrogens (tertiary/aromatic N) is 1. The Morgan fingerprint density at radius 3 is 2.93 bits per heavy atom. The van der Waals surface area contributed by atoms with Crippen LogP contribution in [-0.2, 0) is 0 Å². The molecule has 1 N–H and O–H groups in total. The fourth-order valence-electron chi connectivity index (χ4n) is 2.16. The van der Waals surface area contributed by atoms with Gasteiger partial charge in [-0.15, -0.1) is 0 Å². The number of piperidine rings is 1. The molecule has 0 saturated carbocycles. The number of nitrogens with one attached hydrogen (secondary N) is 1. The first-order valence-electron chi connectivity index (χ1n) is 5.93. The van der Waals surface area contributed by atoms with Gasteiger partial charge in [0.15, 0.2) is 0 Å². The summed E-state index contributed by atoms with van der Waals surface area (Å²) in [5, 5.41) is 3.36. The molecule has 0 amide bonds. The molecule has 0 radical (unpaired) electrons. The molecule has 0 aromatic rings. The fraction of sp³-hybridized carbons (Fsp3) is 1.00. The van der Waals surface area contributed by atoms with Crippen molar-refractivity contribution in [3.05, 3.63) is 0 Å². The van der Waals surface area contributed by atoms with Gasteiger partial charge in [0.1, 0.15) is 0 Å². The van der Waals surface area contributed by atoms with Crippen molar-refractivity contribution in [1.82, 2.24) is 10.2 Å². The third-order valence-corrected chi connectivity index (χ3v) is 2.86. The van der Waals surface area contributed by atoms with E-state index >= 15 is 0 Å². The molecule has 1 saturated heterocycles. The van der Waals surface area contributed by atoms with Crippen LogP contribution in [0.4, 0.5) is 8.78 Å². The van der Waals surface area contributed by atoms with E-state index < -0.39 is 6.43 Å². The second-order valence-electron chi connectivity index (χ2n) is 4.36. The van der Waals surface area contributed by atoms with Gasteiger partial charge in [0, 0.05) is 6.54 Å². The molecular weight excluding hydrogens is 198 g/mol. The van der Waals surface area contributed by atoms with Crippen molar-refractivity contribution >= 4 is 0 Å². The Balaban J connectivity index is 2.17. The minimum absolute atomic E-state index is 0.0513. The highest BCUT2D eigenvalue weighted by Gasteiger charge is 2.21. The maximum Gasteiger partial charge on any atom is 0.251 e. The van der Waals surface area contributed by atoms with E-state index in [2.05, 4.69) is 12.2 Å². The first kappa shape index (κ1) is 12.8. The Bertz CT molecular complexity index is 165. The molecular formula is C11H22F2N2. The van der Waals surface area contributed by atoms with Gasteiger partial charge in [-0.1, -0.05) is 6.92 Å². The lowest BCUT2D eigenvalue weighted by atomic mass is 9.98. The number of alkyl halides is 2. The van der Waals surface area contributed by atoms with Crippen LogP contribution in [0.5, 0.6) is 0 Å². The second kappa shape index (κ2) is 7.12. The van der Waals surface area contributed by atoms with Gasteiger partial charge < -0.3 is 5.32 Å². The summed E-state index contributed by atoms with van der Waals surface area (Å²) in [6, 6.07) is 0. The van der Waals surface area contributed by atoms with Gasteiger partial charge in [0.25, 0.3) is 6.43 Å². The van der Waals surface area contributed by atoms with Crippen molar-refractivity contribution in [2.24, 2.45) is 5.92 Å². The Labute approximate surface area is 91.0 Å². The van der Waals surface area contributed by atoms with Gasteiger partial charge in [-0.2, -0.15) is 0 Å². The normalized spacial score (nSPS) is 23.6. The van der Waals surface area contributed by atoms with E-state index in [1.807, 2.05) is 4.90 Å². The minimum atomic E-state index is -2.19. The maximum absolute atomic E-state index is 12.2. The number of rotatable bonds is 6. The zero-order chi connectivity index (χ0) is 11.1. The van der Waals surface area contributed by atoms with E-state index in [4.69, 9.17) is 0 Å². The Kier molecular flexibility index (Phi) is 6.10. The first-order chi connectivity index (χ1) is 7.22. The van der Waals surface area contributed by atoms with Crippen LogP contribution in [0.3, 0.4) is 0 Å². The Morgan fingerprint density at radius 2 is 2.27 bits per heavy atom. The molecule has 1 heterocycles. The smallest absolute Gasteiger partial charge is 0.251 e. The Morgan fingerprint density at radius 1 is 1.47 bits per heavy atom. The summed E-state index contributed by atoms with van der Waals surface area (Å²) in [6.07, 6.45) is 1.18. The summed E-state index contributed by atoms with van der Waals surface area (Å²) in [4.78, 5) is 1.90. The van der Waals surface area contributed by atoms with Gasteiger partial charge in [0.05, 0.1) is 6.54 Å². The monoisotopic (exact) mass is 220 g/mol. The molecule has 90 valence electrons. The van der Waals surface area contributed by atoms with Crippen molar-refractivity contribution in [3.8, 4) is 0 Å². The Hall–Kier alpha value is -0.220. The SMILES string of the molecule is CCCNCC1CCCN(CC(F)F)C1. The molecule has 0 aromatic carbocycles. The zero-order valence-electron chi connectivity index (χ0n) is 9.51. The van der Waals surface area contributed by atoms with Gasteiger partial charge in [-0.25, -0.2) is 8.78 Å². The first-order valence-corrected chi connectivity index (χ1v) is 5.93. The van der Waals surface area contributed by atoms with Crippen LogP contribution in [0, 0.1) is 5.92 Å². The van der Waals surface area contributed by atoms with Crippen LogP contribution in [-0.4, -0.2) is 44.0 Å². The lowest BCUT2D eigenvalue weighted by Gasteiger charge is -2.32. The molecule has 2 nitrogen and oxygen atoms in total. The number of hydrogen-bond donors (Lipinski definition) is 1. The molecule has 0 spiro atoms. The van der Waals surface area contributed by atoms with E-state index in [1.165, 1.54) is 6.42 Å². The van der Waals surface area contributed by atoms with Crippen LogP contribution in [0.15, 0.2) is 0 Å². The summed E-state index contributed by atoms with van der Waals surface area (Å²) < 4.78 is 24.4. The lowest BCUT2D eigenvalue weighted by Crippen LogP contribution is -2.41. The molecule has 0 aromatic heterocycles. The van der Waals surface area contributed by atoms with E-state index in [0.717, 1.165) is 39.0 Å². The molecule has 1 fully saturated rings. The highest BCUT2D eigenvalue weighted by atomic mass is 19.3. The molecule has 0 aliphatic carbocycles. The number of halogens is 2. The summed E-state index contributed by atoms with van der Waals surface area (Å²) in [5.41, 5.74) is 0. The van der Waals surface area contributed by atoms with Crippen molar-refractivity contribution in [1.29, 1.82) is 0 Å². The summed E-state index contributed by atoms with van der Waals surface area (Å²) >= 11 is 0. The van der Waals surface area contributed by atoms with E-state index in [1.54, 1.807) is 0 Å². The third kappa shape index (κ3) is 5.42. The third-order valence-electron chi connectivity index (χ3n) is 2.86. The lowest BCUT2D eigenvalue weighted by molar-refractivity contribution is 0.0648. The van der Waals surface area contributed by atoms with Gasteiger partial charge in [-0.05, 0) is 44.8 Å². The standard InChI is InChI=1S/C11H22F2N2/c1-2-5-14-7-10-4-3-6-15(8-10)9-11(12)13/h10-11,14H,2-9H2,1H3. The van der Waals surface area contributed by atoms with Crippen LogP contribution in [0.1, 0.15) is 26.2 Å². The molecule has 1 aliphatic rings. The van der Waals surface area contributed by atoms with E-state index in [9.17, 15) is 8.78 Å². The van der Waals surface area contributed by atoms with Gasteiger partial charge in [-0.3, -0.25) is 4.90 Å². The predicted molar refractivity (Wildman–Crippen MR) is 58.3 cm³/mol. The average molecular weight is 220 g/mol. The molecule has 1 rings (SSSR count). The highest BCUT2D eigenvalue weighted by Crippen LogP contribution is 2.16. The molecule has 0 bridgehead atoms. The highest BCUT2D eigenvalue weighted by molar-refractivity contribution is 4.74. The average Bonchev–Trinajstić information content (AvgIpc) is 2.18. The molecule has 1 atom stereocenters. The second-order valence-corrected chi connectivity index (χ2v) is 4.36. The summed E-state index contributed by atoms with van der Waals surface area (Å²) in [6.45, 7) is 5.77. The van der Waals surface area contributed by atoms with Crippen LogP contribution < -0.4 is 5.32 Å². The summed E-state index contributed by atoms with van der Waals surface area (Å²) in [7, 11) is 0. The molecule has 1 unspecified atom stereocenters. The van der Waals surface area contributed by atoms with Gasteiger partial charge in [0.2, 0.25) is 0 Å². The zero-order valence-corrected chi connectivity index (χ0v) is 9.51. The molecule has 1 aliphatic heterocycles. The maximum atomic E-state index is 12.2. The van der Waals surface area contributed by atoms with Crippen LogP contribution in [0.2, 0.25) is 0 Å². The van der Waals surface area contributed by atoms with Crippen molar-refractivity contribution in [3.63, 3.8) is 0 Å². The number of likely N-dealkylation sites (tertiary alicyclic amines) is 1. The van der Waals surface area contributed by atoms with Crippen molar-refractivity contribution in [2.75, 3.05) is 32.7 Å².